The summed E-state index contributed by atoms with van der Waals surface area (Å²) in [5.41, 5.74) is 2.33. The van der Waals surface area contributed by atoms with E-state index in [0.29, 0.717) is 23.2 Å². The summed E-state index contributed by atoms with van der Waals surface area (Å²) in [6.45, 7) is 9.44. The molecule has 186 valence electrons. The van der Waals surface area contributed by atoms with Crippen molar-refractivity contribution in [3.8, 4) is 6.07 Å². The van der Waals surface area contributed by atoms with Gasteiger partial charge in [0.25, 0.3) is 0 Å². The molecule has 2 aromatic rings. The average Bonchev–Trinajstić information content (AvgIpc) is 3.31. The van der Waals surface area contributed by atoms with Crippen molar-refractivity contribution in [2.24, 2.45) is 0 Å². The van der Waals surface area contributed by atoms with E-state index in [1.165, 1.54) is 19.0 Å². The van der Waals surface area contributed by atoms with Crippen LogP contribution in [-0.4, -0.2) is 77.2 Å². The third-order valence-corrected chi connectivity index (χ3v) is 7.76. The molecule has 3 aliphatic heterocycles. The number of nitriles is 1. The van der Waals surface area contributed by atoms with Crippen LogP contribution < -0.4 is 15.5 Å². The first-order valence-electron chi connectivity index (χ1n) is 12.6. The van der Waals surface area contributed by atoms with E-state index in [4.69, 9.17) is 0 Å². The van der Waals surface area contributed by atoms with Gasteiger partial charge in [-0.3, -0.25) is 4.90 Å². The SMILES string of the molecule is CN1CCN(c2ccc(Nc3ncc(F)c(NC4CC5CCCN5C(C)(C)C4)n3)cc2C#N)CC1. The van der Waals surface area contributed by atoms with Gasteiger partial charge in [0.2, 0.25) is 5.95 Å². The van der Waals surface area contributed by atoms with Crippen LogP contribution in [-0.2, 0) is 0 Å². The van der Waals surface area contributed by atoms with Crippen LogP contribution in [0.4, 0.5) is 27.5 Å². The van der Waals surface area contributed by atoms with E-state index in [0.717, 1.165) is 51.3 Å². The number of benzene rings is 1. The lowest BCUT2D eigenvalue weighted by Crippen LogP contribution is -2.55. The molecular formula is C26H35FN8. The van der Waals surface area contributed by atoms with Crippen LogP contribution in [0, 0.1) is 17.1 Å². The number of hydrogen-bond acceptors (Lipinski definition) is 8. The minimum atomic E-state index is -0.453. The number of aromatic nitrogens is 2. The minimum Gasteiger partial charge on any atom is -0.368 e. The number of rotatable bonds is 5. The predicted octanol–water partition coefficient (Wildman–Crippen LogP) is 3.80. The summed E-state index contributed by atoms with van der Waals surface area (Å²) in [5, 5.41) is 16.3. The van der Waals surface area contributed by atoms with Crippen LogP contribution in [0.2, 0.25) is 0 Å². The molecule has 4 heterocycles. The average molecular weight is 479 g/mol. The van der Waals surface area contributed by atoms with Gasteiger partial charge in [0.05, 0.1) is 17.4 Å². The summed E-state index contributed by atoms with van der Waals surface area (Å²) >= 11 is 0. The summed E-state index contributed by atoms with van der Waals surface area (Å²) in [4.78, 5) is 15.7. The lowest BCUT2D eigenvalue weighted by atomic mass is 9.84. The van der Waals surface area contributed by atoms with Crippen molar-refractivity contribution in [2.45, 2.75) is 57.2 Å². The fraction of sp³-hybridized carbons (Fsp3) is 0.577. The Labute approximate surface area is 207 Å². The lowest BCUT2D eigenvalue weighted by molar-refractivity contribution is 0.0500. The van der Waals surface area contributed by atoms with Gasteiger partial charge in [-0.2, -0.15) is 10.2 Å². The molecule has 0 amide bonds. The van der Waals surface area contributed by atoms with E-state index >= 15 is 0 Å². The molecule has 0 saturated carbocycles. The molecule has 8 nitrogen and oxygen atoms in total. The zero-order chi connectivity index (χ0) is 24.6. The molecule has 0 aliphatic carbocycles. The second-order valence-electron chi connectivity index (χ2n) is 10.7. The van der Waals surface area contributed by atoms with Gasteiger partial charge in [-0.15, -0.1) is 0 Å². The summed E-state index contributed by atoms with van der Waals surface area (Å²) in [6, 6.07) is 8.72. The Balaban J connectivity index is 1.30. The van der Waals surface area contributed by atoms with E-state index < -0.39 is 5.82 Å². The van der Waals surface area contributed by atoms with E-state index in [2.05, 4.69) is 62.3 Å². The number of nitrogens with one attached hydrogen (secondary N) is 2. The molecule has 0 spiro atoms. The Hall–Kier alpha value is -2.96. The number of hydrogen-bond donors (Lipinski definition) is 2. The largest absolute Gasteiger partial charge is 0.368 e. The molecule has 2 unspecified atom stereocenters. The monoisotopic (exact) mass is 478 g/mol. The molecule has 1 aromatic carbocycles. The molecule has 2 N–H and O–H groups in total. The third kappa shape index (κ3) is 5.04. The van der Waals surface area contributed by atoms with Crippen LogP contribution >= 0.6 is 0 Å². The fourth-order valence-electron chi connectivity index (χ4n) is 6.00. The first-order valence-corrected chi connectivity index (χ1v) is 12.6. The Kier molecular flexibility index (Phi) is 6.51. The van der Waals surface area contributed by atoms with Gasteiger partial charge in [0.1, 0.15) is 6.07 Å². The quantitative estimate of drug-likeness (QED) is 0.672. The minimum absolute atomic E-state index is 0.0842. The van der Waals surface area contributed by atoms with Crippen LogP contribution in [0.3, 0.4) is 0 Å². The van der Waals surface area contributed by atoms with Gasteiger partial charge in [-0.1, -0.05) is 0 Å². The Bertz CT molecular complexity index is 1110. The highest BCUT2D eigenvalue weighted by atomic mass is 19.1. The maximum Gasteiger partial charge on any atom is 0.229 e. The topological polar surface area (TPSA) is 83.3 Å². The van der Waals surface area contributed by atoms with Crippen molar-refractivity contribution >= 4 is 23.1 Å². The zero-order valence-electron chi connectivity index (χ0n) is 20.9. The summed E-state index contributed by atoms with van der Waals surface area (Å²) < 4.78 is 14.7. The van der Waals surface area contributed by atoms with E-state index in [1.807, 2.05) is 18.2 Å². The highest BCUT2D eigenvalue weighted by molar-refractivity contribution is 5.68. The van der Waals surface area contributed by atoms with Gasteiger partial charge >= 0.3 is 0 Å². The molecule has 2 atom stereocenters. The normalized spacial score (nSPS) is 24.6. The molecule has 9 heteroatoms. The summed E-state index contributed by atoms with van der Waals surface area (Å²) in [5.74, 6) is 0.0809. The maximum absolute atomic E-state index is 14.7. The second kappa shape index (κ2) is 9.59. The number of halogens is 1. The van der Waals surface area contributed by atoms with Gasteiger partial charge in [-0.05, 0) is 71.3 Å². The van der Waals surface area contributed by atoms with E-state index in [-0.39, 0.29) is 17.4 Å². The smallest absolute Gasteiger partial charge is 0.229 e. The fourth-order valence-corrected chi connectivity index (χ4v) is 6.00. The van der Waals surface area contributed by atoms with Crippen LogP contribution in [0.25, 0.3) is 0 Å². The maximum atomic E-state index is 14.7. The lowest BCUT2D eigenvalue weighted by Gasteiger charge is -2.47. The number of likely N-dealkylation sites (N-methyl/N-ethyl adjacent to an activating group) is 1. The molecule has 35 heavy (non-hydrogen) atoms. The Morgan fingerprint density at radius 3 is 2.74 bits per heavy atom. The summed E-state index contributed by atoms with van der Waals surface area (Å²) in [6.07, 6.45) is 5.57. The predicted molar refractivity (Wildman–Crippen MR) is 137 cm³/mol. The Morgan fingerprint density at radius 1 is 1.17 bits per heavy atom. The van der Waals surface area contributed by atoms with Crippen LogP contribution in [0.1, 0.15) is 45.1 Å². The van der Waals surface area contributed by atoms with Crippen molar-refractivity contribution in [1.29, 1.82) is 5.26 Å². The number of anilines is 4. The van der Waals surface area contributed by atoms with E-state index in [9.17, 15) is 9.65 Å². The molecule has 0 bridgehead atoms. The van der Waals surface area contributed by atoms with Crippen molar-refractivity contribution < 1.29 is 4.39 Å². The highest BCUT2D eigenvalue weighted by Crippen LogP contribution is 2.38. The molecular weight excluding hydrogens is 443 g/mol. The molecule has 3 aliphatic rings. The molecule has 1 aromatic heterocycles. The van der Waals surface area contributed by atoms with Crippen molar-refractivity contribution in [3.05, 3.63) is 35.8 Å². The third-order valence-electron chi connectivity index (χ3n) is 7.76. The van der Waals surface area contributed by atoms with Gasteiger partial charge in [0, 0.05) is 49.5 Å². The van der Waals surface area contributed by atoms with Crippen molar-refractivity contribution in [2.75, 3.05) is 55.3 Å². The first-order chi connectivity index (χ1) is 16.8. The molecule has 3 saturated heterocycles. The molecule has 5 rings (SSSR count). The van der Waals surface area contributed by atoms with Gasteiger partial charge in [0.15, 0.2) is 11.6 Å². The standard InChI is InChI=1S/C26H35FN8/c1-26(2)15-20(14-21-5-4-8-35(21)26)30-24-22(27)17-29-25(32-24)31-19-6-7-23(18(13-19)16-28)34-11-9-33(3)10-12-34/h6-7,13,17,20-21H,4-5,8-12,14-15H2,1-3H3,(H2,29,30,31,32). The highest BCUT2D eigenvalue weighted by Gasteiger charge is 2.43. The first kappa shape index (κ1) is 23.8. The van der Waals surface area contributed by atoms with Gasteiger partial charge in [-0.25, -0.2) is 9.37 Å². The molecule has 0 radical (unpaired) electrons. The number of fused-ring (bicyclic) bond motifs is 1. The Morgan fingerprint density at radius 2 is 1.97 bits per heavy atom. The second-order valence-corrected chi connectivity index (χ2v) is 10.7. The summed E-state index contributed by atoms with van der Waals surface area (Å²) in [7, 11) is 2.11. The van der Waals surface area contributed by atoms with Crippen LogP contribution in [0.5, 0.6) is 0 Å². The van der Waals surface area contributed by atoms with E-state index in [1.54, 1.807) is 0 Å². The molecule has 3 fully saturated rings. The number of nitrogens with zero attached hydrogens (tertiary/aromatic N) is 6. The number of piperazine rings is 1. The zero-order valence-corrected chi connectivity index (χ0v) is 20.9. The number of piperidine rings is 1. The van der Waals surface area contributed by atoms with Gasteiger partial charge < -0.3 is 20.4 Å². The van der Waals surface area contributed by atoms with Crippen molar-refractivity contribution in [3.63, 3.8) is 0 Å². The van der Waals surface area contributed by atoms with Crippen LogP contribution in [0.15, 0.2) is 24.4 Å². The van der Waals surface area contributed by atoms with Crippen molar-refractivity contribution in [1.82, 2.24) is 19.8 Å².